The van der Waals surface area contributed by atoms with Gasteiger partial charge in [0.05, 0.1) is 13.1 Å². The Morgan fingerprint density at radius 1 is 1.00 bits per heavy atom. The summed E-state index contributed by atoms with van der Waals surface area (Å²) in [5.41, 5.74) is -0.125. The Hall–Kier alpha value is -2.48. The van der Waals surface area contributed by atoms with E-state index in [9.17, 15) is 18.8 Å². The summed E-state index contributed by atoms with van der Waals surface area (Å²) in [6.45, 7) is 8.05. The van der Waals surface area contributed by atoms with Crippen LogP contribution in [-0.2, 0) is 14.4 Å². The summed E-state index contributed by atoms with van der Waals surface area (Å²) in [4.78, 5) is 40.0. The Balaban J connectivity index is 2.68. The lowest BCUT2D eigenvalue weighted by Crippen LogP contribution is -2.52. The first-order valence-electron chi connectivity index (χ1n) is 9.34. The molecule has 0 atom stereocenters. The number of anilines is 1. The number of carbonyl (C=O) groups excluding carboxylic acids is 3. The zero-order valence-corrected chi connectivity index (χ0v) is 17.3. The van der Waals surface area contributed by atoms with E-state index < -0.39 is 11.4 Å². The second-order valence-corrected chi connectivity index (χ2v) is 7.73. The summed E-state index contributed by atoms with van der Waals surface area (Å²) >= 11 is 0. The predicted molar refractivity (Wildman–Crippen MR) is 107 cm³/mol. The van der Waals surface area contributed by atoms with Gasteiger partial charge in [0.15, 0.2) is 0 Å². The SMILES string of the molecule is CCCNC(=O)CN(C)CC(=O)N(CC(=O)Nc1ccc(F)cc1)C(C)(C)C. The van der Waals surface area contributed by atoms with Gasteiger partial charge < -0.3 is 15.5 Å². The van der Waals surface area contributed by atoms with Gasteiger partial charge in [-0.15, -0.1) is 0 Å². The number of likely N-dealkylation sites (N-methyl/N-ethyl adjacent to an activating group) is 1. The number of halogens is 1. The highest BCUT2D eigenvalue weighted by Gasteiger charge is 2.29. The number of carbonyl (C=O) groups is 3. The maximum atomic E-state index is 13.0. The van der Waals surface area contributed by atoms with Crippen LogP contribution in [-0.4, -0.2) is 66.3 Å². The van der Waals surface area contributed by atoms with Crippen molar-refractivity contribution in [3.8, 4) is 0 Å². The molecule has 0 aliphatic carbocycles. The van der Waals surface area contributed by atoms with Crippen LogP contribution < -0.4 is 10.6 Å². The van der Waals surface area contributed by atoms with Gasteiger partial charge in [0.2, 0.25) is 17.7 Å². The average Bonchev–Trinajstić information content (AvgIpc) is 2.58. The van der Waals surface area contributed by atoms with Crippen molar-refractivity contribution in [1.82, 2.24) is 15.1 Å². The molecule has 1 aromatic carbocycles. The molecule has 0 aromatic heterocycles. The van der Waals surface area contributed by atoms with E-state index in [1.165, 1.54) is 29.2 Å². The first kappa shape index (κ1) is 23.6. The lowest BCUT2D eigenvalue weighted by atomic mass is 10.1. The standard InChI is InChI=1S/C20H31FN4O3/c1-6-11-22-17(26)12-24(5)14-19(28)25(20(2,3)4)13-18(27)23-16-9-7-15(21)8-10-16/h7-10H,6,11-14H2,1-5H3,(H,22,26)(H,23,27). The molecule has 8 heteroatoms. The zero-order chi connectivity index (χ0) is 21.3. The highest BCUT2D eigenvalue weighted by Crippen LogP contribution is 2.15. The van der Waals surface area contributed by atoms with Crippen LogP contribution in [0.2, 0.25) is 0 Å². The fourth-order valence-corrected chi connectivity index (χ4v) is 2.51. The molecule has 0 radical (unpaired) electrons. The number of nitrogens with zero attached hydrogens (tertiary/aromatic N) is 2. The van der Waals surface area contributed by atoms with Crippen LogP contribution >= 0.6 is 0 Å². The minimum Gasteiger partial charge on any atom is -0.355 e. The average molecular weight is 394 g/mol. The number of amides is 3. The highest BCUT2D eigenvalue weighted by molar-refractivity contribution is 5.95. The zero-order valence-electron chi connectivity index (χ0n) is 17.3. The summed E-state index contributed by atoms with van der Waals surface area (Å²) in [6.07, 6.45) is 0.843. The van der Waals surface area contributed by atoms with Crippen LogP contribution in [0.5, 0.6) is 0 Å². The van der Waals surface area contributed by atoms with Crippen LogP contribution in [0.25, 0.3) is 0 Å². The maximum absolute atomic E-state index is 13.0. The van der Waals surface area contributed by atoms with Gasteiger partial charge in [0.25, 0.3) is 0 Å². The van der Waals surface area contributed by atoms with Gasteiger partial charge >= 0.3 is 0 Å². The smallest absolute Gasteiger partial charge is 0.244 e. The van der Waals surface area contributed by atoms with Gasteiger partial charge in [-0.2, -0.15) is 0 Å². The second kappa shape index (κ2) is 10.8. The lowest BCUT2D eigenvalue weighted by Gasteiger charge is -2.36. The second-order valence-electron chi connectivity index (χ2n) is 7.73. The Morgan fingerprint density at radius 2 is 1.61 bits per heavy atom. The summed E-state index contributed by atoms with van der Waals surface area (Å²) in [5, 5.41) is 5.42. The summed E-state index contributed by atoms with van der Waals surface area (Å²) < 4.78 is 13.0. The van der Waals surface area contributed by atoms with Gasteiger partial charge in [-0.05, 0) is 58.5 Å². The normalized spacial score (nSPS) is 11.2. The quantitative estimate of drug-likeness (QED) is 0.670. The fourth-order valence-electron chi connectivity index (χ4n) is 2.51. The van der Waals surface area contributed by atoms with Gasteiger partial charge in [-0.1, -0.05) is 6.92 Å². The van der Waals surface area contributed by atoms with E-state index in [0.29, 0.717) is 12.2 Å². The van der Waals surface area contributed by atoms with E-state index in [2.05, 4.69) is 10.6 Å². The molecule has 0 saturated heterocycles. The number of nitrogens with one attached hydrogen (secondary N) is 2. The molecule has 28 heavy (non-hydrogen) atoms. The summed E-state index contributed by atoms with van der Waals surface area (Å²) in [6, 6.07) is 5.42. The van der Waals surface area contributed by atoms with Crippen molar-refractivity contribution in [3.63, 3.8) is 0 Å². The molecule has 0 heterocycles. The third-order valence-electron chi connectivity index (χ3n) is 3.93. The van der Waals surface area contributed by atoms with Crippen LogP contribution in [0.15, 0.2) is 24.3 Å². The summed E-state index contributed by atoms with van der Waals surface area (Å²) in [7, 11) is 1.68. The first-order valence-corrected chi connectivity index (χ1v) is 9.34. The van der Waals surface area contributed by atoms with Crippen molar-refractivity contribution in [2.45, 2.75) is 39.7 Å². The third-order valence-corrected chi connectivity index (χ3v) is 3.93. The van der Waals surface area contributed by atoms with Gasteiger partial charge in [0, 0.05) is 17.8 Å². The fraction of sp³-hybridized carbons (Fsp3) is 0.550. The first-order chi connectivity index (χ1) is 13.0. The molecular formula is C20H31FN4O3. The molecule has 1 aromatic rings. The van der Waals surface area contributed by atoms with Gasteiger partial charge in [0.1, 0.15) is 12.4 Å². The number of hydrogen-bond acceptors (Lipinski definition) is 4. The van der Waals surface area contributed by atoms with Crippen LogP contribution in [0.1, 0.15) is 34.1 Å². The highest BCUT2D eigenvalue weighted by atomic mass is 19.1. The molecule has 0 aliphatic rings. The largest absolute Gasteiger partial charge is 0.355 e. The molecule has 156 valence electrons. The van der Waals surface area contributed by atoms with Crippen molar-refractivity contribution in [2.24, 2.45) is 0 Å². The third kappa shape index (κ3) is 8.47. The predicted octanol–water partition coefficient (Wildman–Crippen LogP) is 1.85. The molecule has 2 N–H and O–H groups in total. The minimum absolute atomic E-state index is 0.0145. The molecular weight excluding hydrogens is 363 g/mol. The Morgan fingerprint density at radius 3 is 2.14 bits per heavy atom. The van der Waals surface area contributed by atoms with E-state index in [1.807, 2.05) is 27.7 Å². The molecule has 3 amide bonds. The molecule has 7 nitrogen and oxygen atoms in total. The molecule has 1 rings (SSSR count). The molecule has 0 aliphatic heterocycles. The maximum Gasteiger partial charge on any atom is 0.244 e. The van der Waals surface area contributed by atoms with Crippen LogP contribution in [0, 0.1) is 5.82 Å². The van der Waals surface area contributed by atoms with Crippen molar-refractivity contribution >= 4 is 23.4 Å². The van der Waals surface area contributed by atoms with E-state index in [4.69, 9.17) is 0 Å². The molecule has 0 bridgehead atoms. The molecule has 0 saturated carbocycles. The molecule has 0 unspecified atom stereocenters. The minimum atomic E-state index is -0.581. The van der Waals surface area contributed by atoms with Crippen molar-refractivity contribution < 1.29 is 18.8 Å². The Labute approximate surface area is 166 Å². The number of hydrogen-bond donors (Lipinski definition) is 2. The summed E-state index contributed by atoms with van der Waals surface area (Å²) in [5.74, 6) is -1.17. The van der Waals surface area contributed by atoms with Crippen LogP contribution in [0.3, 0.4) is 0 Å². The monoisotopic (exact) mass is 394 g/mol. The Kier molecular flexibility index (Phi) is 9.05. The Bertz CT molecular complexity index is 671. The van der Waals surface area contributed by atoms with Crippen molar-refractivity contribution in [2.75, 3.05) is 38.5 Å². The number of benzene rings is 1. The van der Waals surface area contributed by atoms with Crippen LogP contribution in [0.4, 0.5) is 10.1 Å². The van der Waals surface area contributed by atoms with Crippen molar-refractivity contribution in [1.29, 1.82) is 0 Å². The topological polar surface area (TPSA) is 81.8 Å². The van der Waals surface area contributed by atoms with Gasteiger partial charge in [-0.3, -0.25) is 19.3 Å². The number of rotatable bonds is 9. The van der Waals surface area contributed by atoms with Gasteiger partial charge in [-0.25, -0.2) is 4.39 Å². The van der Waals surface area contributed by atoms with E-state index >= 15 is 0 Å². The lowest BCUT2D eigenvalue weighted by molar-refractivity contribution is -0.140. The molecule has 0 spiro atoms. The van der Waals surface area contributed by atoms with E-state index in [1.54, 1.807) is 11.9 Å². The van der Waals surface area contributed by atoms with Crippen molar-refractivity contribution in [3.05, 3.63) is 30.1 Å². The van der Waals surface area contributed by atoms with E-state index in [0.717, 1.165) is 6.42 Å². The van der Waals surface area contributed by atoms with E-state index in [-0.39, 0.29) is 37.4 Å². The molecule has 0 fully saturated rings.